The molecule has 1 atom stereocenters. The van der Waals surface area contributed by atoms with Crippen molar-refractivity contribution in [2.75, 3.05) is 11.9 Å². The summed E-state index contributed by atoms with van der Waals surface area (Å²) in [5, 5.41) is 4.78. The molecule has 1 N–H and O–H groups in total. The van der Waals surface area contributed by atoms with E-state index < -0.39 is 5.92 Å². The summed E-state index contributed by atoms with van der Waals surface area (Å²) in [6, 6.07) is 11.4. The summed E-state index contributed by atoms with van der Waals surface area (Å²) in [6.07, 6.45) is 0.860. The van der Waals surface area contributed by atoms with Crippen LogP contribution in [0.3, 0.4) is 0 Å². The smallest absolute Gasteiger partial charge is 0.314 e. The number of fused-ring (bicyclic) bond motifs is 1. The van der Waals surface area contributed by atoms with Gasteiger partial charge in [-0.05, 0) is 23.1 Å². The van der Waals surface area contributed by atoms with Crippen molar-refractivity contribution in [3.8, 4) is 0 Å². The van der Waals surface area contributed by atoms with E-state index in [1.165, 1.54) is 4.88 Å². The molecule has 21 heavy (non-hydrogen) atoms. The Morgan fingerprint density at radius 2 is 2.14 bits per heavy atom. The van der Waals surface area contributed by atoms with E-state index in [1.807, 2.05) is 35.7 Å². The van der Waals surface area contributed by atoms with Crippen LogP contribution in [0.5, 0.6) is 0 Å². The molecule has 0 spiro atoms. The number of rotatable bonds is 4. The highest BCUT2D eigenvalue weighted by atomic mass is 32.1. The molecule has 0 radical (unpaired) electrons. The molecule has 1 aromatic carbocycles. The van der Waals surface area contributed by atoms with Gasteiger partial charge in [0.1, 0.15) is 0 Å². The quantitative estimate of drug-likeness (QED) is 0.883. The van der Waals surface area contributed by atoms with Crippen molar-refractivity contribution < 1.29 is 14.3 Å². The number of esters is 1. The molecule has 0 saturated carbocycles. The van der Waals surface area contributed by atoms with Crippen molar-refractivity contribution in [2.45, 2.75) is 18.8 Å². The fraction of sp³-hybridized carbons (Fsp3) is 0.250. The van der Waals surface area contributed by atoms with Crippen LogP contribution in [-0.2, 0) is 20.7 Å². The van der Waals surface area contributed by atoms with E-state index in [0.29, 0.717) is 18.7 Å². The molecule has 0 fully saturated rings. The lowest BCUT2D eigenvalue weighted by Gasteiger charge is -2.24. The van der Waals surface area contributed by atoms with E-state index in [9.17, 15) is 9.59 Å². The average molecular weight is 301 g/mol. The summed E-state index contributed by atoms with van der Waals surface area (Å²) in [6.45, 7) is 0.347. The lowest BCUT2D eigenvalue weighted by molar-refractivity contribution is -0.146. The SMILES string of the molecule is O=C1CC(C(=O)OCCc2cccs2)c2ccccc2N1. The van der Waals surface area contributed by atoms with Crippen LogP contribution in [0.2, 0.25) is 0 Å². The molecule has 108 valence electrons. The molecule has 0 aliphatic carbocycles. The zero-order valence-corrected chi connectivity index (χ0v) is 12.2. The Morgan fingerprint density at radius 3 is 2.95 bits per heavy atom. The minimum atomic E-state index is -0.502. The fourth-order valence-corrected chi connectivity index (χ4v) is 3.12. The van der Waals surface area contributed by atoms with E-state index in [-0.39, 0.29) is 18.3 Å². The molecule has 3 rings (SSSR count). The van der Waals surface area contributed by atoms with Crippen molar-refractivity contribution in [3.63, 3.8) is 0 Å². The van der Waals surface area contributed by atoms with Gasteiger partial charge >= 0.3 is 5.97 Å². The van der Waals surface area contributed by atoms with Gasteiger partial charge in [-0.3, -0.25) is 9.59 Å². The van der Waals surface area contributed by atoms with Crippen LogP contribution in [0.15, 0.2) is 41.8 Å². The molecule has 0 saturated heterocycles. The highest BCUT2D eigenvalue weighted by Gasteiger charge is 2.31. The van der Waals surface area contributed by atoms with Crippen LogP contribution in [0.1, 0.15) is 22.8 Å². The number of para-hydroxylation sites is 1. The Hall–Kier alpha value is -2.14. The zero-order chi connectivity index (χ0) is 14.7. The summed E-state index contributed by atoms with van der Waals surface area (Å²) in [7, 11) is 0. The van der Waals surface area contributed by atoms with Crippen molar-refractivity contribution >= 4 is 28.9 Å². The maximum atomic E-state index is 12.2. The fourth-order valence-electron chi connectivity index (χ4n) is 2.43. The summed E-state index contributed by atoms with van der Waals surface area (Å²) >= 11 is 1.64. The number of amides is 1. The Kier molecular flexibility index (Phi) is 4.01. The molecular weight excluding hydrogens is 286 g/mol. The topological polar surface area (TPSA) is 55.4 Å². The first kappa shape index (κ1) is 13.8. The van der Waals surface area contributed by atoms with E-state index in [4.69, 9.17) is 4.74 Å². The second-order valence-electron chi connectivity index (χ2n) is 4.89. The zero-order valence-electron chi connectivity index (χ0n) is 11.4. The largest absolute Gasteiger partial charge is 0.465 e. The van der Waals surface area contributed by atoms with Gasteiger partial charge in [0.25, 0.3) is 0 Å². The normalized spacial score (nSPS) is 17.0. The van der Waals surface area contributed by atoms with Crippen molar-refractivity contribution in [2.24, 2.45) is 0 Å². The molecule has 1 aliphatic rings. The number of benzene rings is 1. The van der Waals surface area contributed by atoms with Gasteiger partial charge in [-0.15, -0.1) is 11.3 Å². The molecule has 4 nitrogen and oxygen atoms in total. The van der Waals surface area contributed by atoms with Crippen molar-refractivity contribution in [3.05, 3.63) is 52.2 Å². The molecule has 2 heterocycles. The van der Waals surface area contributed by atoms with E-state index in [0.717, 1.165) is 5.56 Å². The number of carbonyl (C=O) groups excluding carboxylic acids is 2. The third-order valence-corrected chi connectivity index (χ3v) is 4.39. The number of hydrogen-bond donors (Lipinski definition) is 1. The van der Waals surface area contributed by atoms with Crippen LogP contribution >= 0.6 is 11.3 Å². The van der Waals surface area contributed by atoms with Gasteiger partial charge in [0.2, 0.25) is 5.91 Å². The van der Waals surface area contributed by atoms with Crippen LogP contribution in [0.4, 0.5) is 5.69 Å². The Morgan fingerprint density at radius 1 is 1.29 bits per heavy atom. The number of carbonyl (C=O) groups is 2. The second kappa shape index (κ2) is 6.10. The third kappa shape index (κ3) is 3.13. The van der Waals surface area contributed by atoms with E-state index >= 15 is 0 Å². The first-order chi connectivity index (χ1) is 10.2. The molecule has 0 bridgehead atoms. The molecule has 2 aromatic rings. The standard InChI is InChI=1S/C16H15NO3S/c18-15-10-13(12-5-1-2-6-14(12)17-15)16(19)20-8-7-11-4-3-9-21-11/h1-6,9,13H,7-8,10H2,(H,17,18). The Labute approximate surface area is 126 Å². The first-order valence-corrected chi connectivity index (χ1v) is 7.70. The van der Waals surface area contributed by atoms with Gasteiger partial charge in [0.05, 0.1) is 12.5 Å². The number of anilines is 1. The highest BCUT2D eigenvalue weighted by Crippen LogP contribution is 2.32. The summed E-state index contributed by atoms with van der Waals surface area (Å²) in [5.74, 6) is -0.971. The molecular formula is C16H15NO3S. The van der Waals surface area contributed by atoms with Crippen LogP contribution in [0, 0.1) is 0 Å². The predicted molar refractivity (Wildman–Crippen MR) is 81.4 cm³/mol. The van der Waals surface area contributed by atoms with Gasteiger partial charge in [-0.25, -0.2) is 0 Å². The third-order valence-electron chi connectivity index (χ3n) is 3.46. The van der Waals surface area contributed by atoms with E-state index in [2.05, 4.69) is 5.32 Å². The van der Waals surface area contributed by atoms with Gasteiger partial charge in [0, 0.05) is 23.4 Å². The lowest BCUT2D eigenvalue weighted by Crippen LogP contribution is -2.28. The summed E-state index contributed by atoms with van der Waals surface area (Å²) in [4.78, 5) is 25.1. The summed E-state index contributed by atoms with van der Waals surface area (Å²) < 4.78 is 5.35. The van der Waals surface area contributed by atoms with E-state index in [1.54, 1.807) is 17.4 Å². The van der Waals surface area contributed by atoms with Crippen LogP contribution in [-0.4, -0.2) is 18.5 Å². The molecule has 1 amide bonds. The minimum absolute atomic E-state index is 0.145. The Balaban J connectivity index is 1.65. The molecule has 1 aliphatic heterocycles. The lowest BCUT2D eigenvalue weighted by atomic mass is 9.91. The molecule has 1 aromatic heterocycles. The number of thiophene rings is 1. The van der Waals surface area contributed by atoms with Gasteiger partial charge < -0.3 is 10.1 Å². The van der Waals surface area contributed by atoms with Gasteiger partial charge in [-0.1, -0.05) is 24.3 Å². The number of hydrogen-bond acceptors (Lipinski definition) is 4. The monoisotopic (exact) mass is 301 g/mol. The minimum Gasteiger partial charge on any atom is -0.465 e. The van der Waals surface area contributed by atoms with Crippen LogP contribution < -0.4 is 5.32 Å². The maximum Gasteiger partial charge on any atom is 0.314 e. The second-order valence-corrected chi connectivity index (χ2v) is 5.92. The van der Waals surface area contributed by atoms with Gasteiger partial charge in [-0.2, -0.15) is 0 Å². The maximum absolute atomic E-state index is 12.2. The average Bonchev–Trinajstić information content (AvgIpc) is 2.99. The first-order valence-electron chi connectivity index (χ1n) is 6.82. The Bertz CT molecular complexity index is 651. The molecule has 5 heteroatoms. The van der Waals surface area contributed by atoms with Crippen molar-refractivity contribution in [1.29, 1.82) is 0 Å². The number of ether oxygens (including phenoxy) is 1. The van der Waals surface area contributed by atoms with Crippen LogP contribution in [0.25, 0.3) is 0 Å². The highest BCUT2D eigenvalue weighted by molar-refractivity contribution is 7.09. The van der Waals surface area contributed by atoms with Gasteiger partial charge in [0.15, 0.2) is 0 Å². The predicted octanol–water partition coefficient (Wildman–Crippen LogP) is 2.96. The van der Waals surface area contributed by atoms with Crippen molar-refractivity contribution in [1.82, 2.24) is 0 Å². The number of nitrogens with one attached hydrogen (secondary N) is 1. The molecule has 1 unspecified atom stereocenters. The summed E-state index contributed by atoms with van der Waals surface area (Å²) in [5.41, 5.74) is 1.53.